The third kappa shape index (κ3) is 4.15. The molecule has 2 aromatic carbocycles. The van der Waals surface area contributed by atoms with Crippen molar-refractivity contribution >= 4 is 48.7 Å². The fourth-order valence-corrected chi connectivity index (χ4v) is 6.31. The van der Waals surface area contributed by atoms with E-state index < -0.39 is 5.51 Å². The van der Waals surface area contributed by atoms with Gasteiger partial charge in [-0.2, -0.15) is 0 Å². The van der Waals surface area contributed by atoms with Gasteiger partial charge in [0.05, 0.1) is 0 Å². The Morgan fingerprint density at radius 1 is 1.19 bits per heavy atom. The van der Waals surface area contributed by atoms with Crippen molar-refractivity contribution in [1.82, 2.24) is 5.32 Å². The van der Waals surface area contributed by atoms with Gasteiger partial charge in [-0.1, -0.05) is 0 Å². The van der Waals surface area contributed by atoms with E-state index in [1.165, 1.54) is 17.9 Å². The number of methoxy groups -OCH3 is 1. The van der Waals surface area contributed by atoms with Crippen LogP contribution in [0.2, 0.25) is 0 Å². The van der Waals surface area contributed by atoms with Gasteiger partial charge in [-0.25, -0.2) is 0 Å². The zero-order valence-corrected chi connectivity index (χ0v) is 18.0. The fraction of sp³-hybridized carbons (Fsp3) is 0.421. The molecule has 0 saturated carbocycles. The first kappa shape index (κ1) is 19.4. The predicted octanol–water partition coefficient (Wildman–Crippen LogP) is 3.44. The third-order valence-corrected chi connectivity index (χ3v) is 9.41. The van der Waals surface area contributed by atoms with Gasteiger partial charge in [0.2, 0.25) is 0 Å². The van der Waals surface area contributed by atoms with Crippen LogP contribution in [0.1, 0.15) is 13.8 Å². The maximum absolute atomic E-state index is 12.0. The van der Waals surface area contributed by atoms with Crippen LogP contribution in [0, 0.1) is 5.92 Å². The number of ether oxygens (including phenoxy) is 1. The molecule has 1 aliphatic rings. The summed E-state index contributed by atoms with van der Waals surface area (Å²) in [6, 6.07) is 12.4. The number of esters is 1. The summed E-state index contributed by atoms with van der Waals surface area (Å²) >= 11 is 3.45. The Kier molecular flexibility index (Phi) is 6.09. The van der Waals surface area contributed by atoms with Crippen molar-refractivity contribution in [2.45, 2.75) is 19.9 Å². The number of nitrogens with one attached hydrogen (secondary N) is 3. The van der Waals surface area contributed by atoms with Gasteiger partial charge >= 0.3 is 162 Å². The molecule has 0 amide bonds. The molecule has 0 radical (unpaired) electrons. The Labute approximate surface area is 162 Å². The number of anilines is 2. The molecule has 3 rings (SSSR count). The molecule has 0 saturated heterocycles. The molecule has 2 aromatic rings. The van der Waals surface area contributed by atoms with Gasteiger partial charge in [0.15, 0.2) is 0 Å². The van der Waals surface area contributed by atoms with E-state index in [2.05, 4.69) is 67.4 Å². The molecule has 1 aliphatic heterocycles. The molecule has 26 heavy (non-hydrogen) atoms. The van der Waals surface area contributed by atoms with E-state index in [1.807, 2.05) is 13.8 Å². The van der Waals surface area contributed by atoms with Crippen LogP contribution in [0.15, 0.2) is 36.4 Å². The minimum absolute atomic E-state index is 0.180. The average molecular weight is 438 g/mol. The van der Waals surface area contributed by atoms with E-state index in [4.69, 9.17) is 4.74 Å². The second-order valence-corrected chi connectivity index (χ2v) is 15.0. The molecular formula is C19H26N3O2PSe. The summed E-state index contributed by atoms with van der Waals surface area (Å²) in [6.45, 7) is 4.06. The quantitative estimate of drug-likeness (QED) is 0.379. The SMILES string of the molecule is COC(=O)C(NCP1(=[Se])CNc2cccc3cccc(c23)NC1)C(C)C. The molecule has 5 nitrogen and oxygen atoms in total. The summed E-state index contributed by atoms with van der Waals surface area (Å²) in [4.78, 5) is 12.0. The molecular weight excluding hydrogens is 412 g/mol. The summed E-state index contributed by atoms with van der Waals surface area (Å²) in [6.07, 6.45) is 2.50. The monoisotopic (exact) mass is 439 g/mol. The van der Waals surface area contributed by atoms with Crippen molar-refractivity contribution in [3.63, 3.8) is 0 Å². The third-order valence-electron chi connectivity index (χ3n) is 4.74. The minimum atomic E-state index is -1.51. The fourth-order valence-electron chi connectivity index (χ4n) is 3.24. The molecule has 0 aliphatic carbocycles. The van der Waals surface area contributed by atoms with Crippen LogP contribution >= 0.6 is 5.51 Å². The molecule has 0 spiro atoms. The van der Waals surface area contributed by atoms with E-state index >= 15 is 0 Å². The van der Waals surface area contributed by atoms with Gasteiger partial charge in [-0.15, -0.1) is 0 Å². The van der Waals surface area contributed by atoms with Gasteiger partial charge in [-0.05, 0) is 0 Å². The van der Waals surface area contributed by atoms with Crippen LogP contribution < -0.4 is 16.0 Å². The van der Waals surface area contributed by atoms with Crippen molar-refractivity contribution in [3.8, 4) is 0 Å². The Hall–Kier alpha value is -1.32. The van der Waals surface area contributed by atoms with E-state index in [0.717, 1.165) is 30.2 Å². The molecule has 1 atom stereocenters. The molecule has 0 bridgehead atoms. The topological polar surface area (TPSA) is 62.4 Å². The van der Waals surface area contributed by atoms with E-state index in [-0.39, 0.29) is 17.9 Å². The number of carbonyl (C=O) groups excluding carboxylic acids is 1. The van der Waals surface area contributed by atoms with Crippen molar-refractivity contribution in [1.29, 1.82) is 0 Å². The van der Waals surface area contributed by atoms with Crippen molar-refractivity contribution < 1.29 is 9.53 Å². The number of carbonyl (C=O) groups is 1. The Balaban J connectivity index is 1.79. The normalized spacial score (nSPS) is 16.9. The summed E-state index contributed by atoms with van der Waals surface area (Å²) < 4.78 is 4.95. The zero-order chi connectivity index (χ0) is 18.7. The molecule has 1 heterocycles. The number of hydrogen-bond acceptors (Lipinski definition) is 5. The average Bonchev–Trinajstić information content (AvgIpc) is 2.63. The maximum atomic E-state index is 12.0. The zero-order valence-electron chi connectivity index (χ0n) is 15.4. The van der Waals surface area contributed by atoms with Crippen LogP contribution in [0.5, 0.6) is 0 Å². The summed E-state index contributed by atoms with van der Waals surface area (Å²) in [7, 11) is 1.44. The van der Waals surface area contributed by atoms with Crippen molar-refractivity contribution in [2.24, 2.45) is 5.92 Å². The first-order valence-electron chi connectivity index (χ1n) is 8.81. The number of benzene rings is 2. The summed E-state index contributed by atoms with van der Waals surface area (Å²) in [5.74, 6) is -0.0196. The predicted molar refractivity (Wildman–Crippen MR) is 112 cm³/mol. The van der Waals surface area contributed by atoms with Crippen LogP contribution in [0.3, 0.4) is 0 Å². The van der Waals surface area contributed by atoms with Crippen molar-refractivity contribution in [2.75, 3.05) is 36.6 Å². The molecule has 0 fully saturated rings. The molecule has 140 valence electrons. The first-order valence-corrected chi connectivity index (χ1v) is 13.4. The van der Waals surface area contributed by atoms with E-state index in [1.54, 1.807) is 0 Å². The Bertz CT molecular complexity index is 809. The van der Waals surface area contributed by atoms with Gasteiger partial charge < -0.3 is 0 Å². The van der Waals surface area contributed by atoms with Gasteiger partial charge in [0, 0.05) is 0 Å². The van der Waals surface area contributed by atoms with Gasteiger partial charge in [0.1, 0.15) is 0 Å². The second-order valence-electron chi connectivity index (χ2n) is 7.04. The van der Waals surface area contributed by atoms with E-state index in [9.17, 15) is 4.79 Å². The Morgan fingerprint density at radius 2 is 1.77 bits per heavy atom. The van der Waals surface area contributed by atoms with Crippen molar-refractivity contribution in [3.05, 3.63) is 36.4 Å². The molecule has 3 N–H and O–H groups in total. The van der Waals surface area contributed by atoms with Crippen LogP contribution in [-0.4, -0.2) is 53.1 Å². The Morgan fingerprint density at radius 3 is 2.27 bits per heavy atom. The van der Waals surface area contributed by atoms with Crippen LogP contribution in [0.4, 0.5) is 11.4 Å². The molecule has 0 aromatic heterocycles. The molecule has 1 unspecified atom stereocenters. The van der Waals surface area contributed by atoms with Crippen LogP contribution in [-0.2, 0) is 9.53 Å². The summed E-state index contributed by atoms with van der Waals surface area (Å²) in [5.41, 5.74) is 0.796. The number of hydrogen-bond donors (Lipinski definition) is 3. The standard InChI is InChI=1S/C19H26N3O2PSe/c1-13(2)18(19(23)24-3)22-12-25(26)10-20-15-8-4-6-14-7-5-9-16(17(14)15)21-11-25/h4-9,13,18,20-22H,10-12H2,1-3H3. The summed E-state index contributed by atoms with van der Waals surface area (Å²) in [5, 5.41) is 13.2. The van der Waals surface area contributed by atoms with Gasteiger partial charge in [-0.3, -0.25) is 0 Å². The van der Waals surface area contributed by atoms with E-state index in [0.29, 0.717) is 0 Å². The second kappa shape index (κ2) is 8.14. The first-order chi connectivity index (χ1) is 12.4. The molecule has 7 heteroatoms. The number of rotatable bonds is 5. The van der Waals surface area contributed by atoms with Gasteiger partial charge in [0.25, 0.3) is 0 Å². The van der Waals surface area contributed by atoms with Crippen LogP contribution in [0.25, 0.3) is 10.8 Å².